The van der Waals surface area contributed by atoms with Crippen molar-refractivity contribution in [3.8, 4) is 17.1 Å². The summed E-state index contributed by atoms with van der Waals surface area (Å²) < 4.78 is 36.6. The van der Waals surface area contributed by atoms with Gasteiger partial charge in [-0.3, -0.25) is 14.5 Å². The molecule has 8 rings (SSSR count). The molecule has 1 aromatic carbocycles. The van der Waals surface area contributed by atoms with Gasteiger partial charge in [0.1, 0.15) is 25.1 Å². The Hall–Kier alpha value is -7.91. The average Bonchev–Trinajstić information content (AvgIpc) is 4.09. The molecule has 0 saturated carbocycles. The first kappa shape index (κ1) is 43.7. The van der Waals surface area contributed by atoms with Crippen molar-refractivity contribution >= 4 is 63.6 Å². The fourth-order valence-corrected chi connectivity index (χ4v) is 7.09. The van der Waals surface area contributed by atoms with E-state index in [1.807, 2.05) is 60.9 Å². The van der Waals surface area contributed by atoms with Gasteiger partial charge < -0.3 is 49.5 Å². The van der Waals surface area contributed by atoms with Crippen molar-refractivity contribution in [2.45, 2.75) is 51.6 Å². The van der Waals surface area contributed by atoms with E-state index in [0.717, 1.165) is 16.8 Å². The maximum Gasteiger partial charge on any atom is 0.508 e. The second-order valence-corrected chi connectivity index (χ2v) is 15.8. The van der Waals surface area contributed by atoms with Crippen LogP contribution in [0.4, 0.5) is 38.4 Å². The van der Waals surface area contributed by atoms with Crippen LogP contribution in [0.1, 0.15) is 32.4 Å². The first-order chi connectivity index (χ1) is 31.3. The summed E-state index contributed by atoms with van der Waals surface area (Å²) in [4.78, 5) is 59.5. The first-order valence-electron chi connectivity index (χ1n) is 20.8. The van der Waals surface area contributed by atoms with Crippen LogP contribution >= 0.6 is 0 Å². The molecule has 0 radical (unpaired) electrons. The number of benzene rings is 1. The summed E-state index contributed by atoms with van der Waals surface area (Å²) in [6.07, 6.45) is 4.33. The summed E-state index contributed by atoms with van der Waals surface area (Å²) in [6, 6.07) is 12.6. The van der Waals surface area contributed by atoms with Crippen molar-refractivity contribution < 1.29 is 28.2 Å². The largest absolute Gasteiger partial charge is 0.508 e. The highest BCUT2D eigenvalue weighted by molar-refractivity contribution is 5.93. The van der Waals surface area contributed by atoms with E-state index < -0.39 is 36.9 Å². The molecule has 0 unspecified atom stereocenters. The molecule has 1 aliphatic heterocycles. The number of nitrogens with one attached hydrogen (secondary N) is 4. The number of aryl methyl sites for hydroxylation is 2. The number of hydrogen-bond acceptors (Lipinski definition) is 17. The van der Waals surface area contributed by atoms with Gasteiger partial charge in [0.15, 0.2) is 34.0 Å². The van der Waals surface area contributed by atoms with E-state index in [1.54, 1.807) is 60.2 Å². The SMILES string of the molecule is C=C(COC(=O)OC[C@@H](C)Nc1nc(NCc2ccc(-c3ccccn3)cc2)c2ncn(C(C)C)c2n1)C(=O)N[C@@H]1CN(c2nc(Nc3cn(C)nc3OC)c3ncn(C)c3n2)C[C@H]1F. The Morgan fingerprint density at radius 1 is 0.923 bits per heavy atom. The van der Waals surface area contributed by atoms with Crippen LogP contribution in [-0.2, 0) is 34.9 Å². The topological polar surface area (TPSA) is 231 Å². The van der Waals surface area contributed by atoms with Gasteiger partial charge in [0, 0.05) is 50.6 Å². The van der Waals surface area contributed by atoms with E-state index in [1.165, 1.54) is 7.11 Å². The third-order valence-electron chi connectivity index (χ3n) is 10.5. The number of amides is 1. The third-order valence-corrected chi connectivity index (χ3v) is 10.5. The number of carbonyl (C=O) groups is 2. The predicted octanol–water partition coefficient (Wildman–Crippen LogP) is 5.10. The van der Waals surface area contributed by atoms with E-state index in [2.05, 4.69) is 57.9 Å². The van der Waals surface area contributed by atoms with Crippen molar-refractivity contribution in [1.29, 1.82) is 0 Å². The summed E-state index contributed by atoms with van der Waals surface area (Å²) in [6.45, 7) is 9.44. The minimum atomic E-state index is -1.47. The number of carbonyl (C=O) groups excluding carboxylic acids is 2. The Kier molecular flexibility index (Phi) is 12.7. The van der Waals surface area contributed by atoms with E-state index in [-0.39, 0.29) is 37.3 Å². The zero-order chi connectivity index (χ0) is 45.8. The molecule has 21 nitrogen and oxygen atoms in total. The highest BCUT2D eigenvalue weighted by Gasteiger charge is 2.36. The number of fused-ring (bicyclic) bond motifs is 2. The van der Waals surface area contributed by atoms with Gasteiger partial charge in [-0.1, -0.05) is 36.9 Å². The van der Waals surface area contributed by atoms with E-state index >= 15 is 4.39 Å². The number of hydrogen-bond donors (Lipinski definition) is 4. The van der Waals surface area contributed by atoms with Crippen molar-refractivity contribution in [2.75, 3.05) is 54.3 Å². The highest BCUT2D eigenvalue weighted by Crippen LogP contribution is 2.31. The van der Waals surface area contributed by atoms with Crippen LogP contribution in [0.3, 0.4) is 0 Å². The predicted molar refractivity (Wildman–Crippen MR) is 241 cm³/mol. The number of rotatable bonds is 17. The van der Waals surface area contributed by atoms with Gasteiger partial charge in [0.2, 0.25) is 17.8 Å². The van der Waals surface area contributed by atoms with E-state index in [0.29, 0.717) is 58.0 Å². The average molecular weight is 889 g/mol. The molecule has 3 atom stereocenters. The monoisotopic (exact) mass is 888 g/mol. The van der Waals surface area contributed by atoms with Crippen LogP contribution in [0.25, 0.3) is 33.6 Å². The Labute approximate surface area is 372 Å². The second-order valence-electron chi connectivity index (χ2n) is 15.8. The van der Waals surface area contributed by atoms with Crippen molar-refractivity contribution in [3.05, 3.63) is 85.2 Å². The number of alkyl halides is 1. The number of pyridine rings is 1. The van der Waals surface area contributed by atoms with Gasteiger partial charge in [0.05, 0.1) is 50.3 Å². The van der Waals surface area contributed by atoms with Crippen LogP contribution in [0.15, 0.2) is 79.7 Å². The molecule has 1 saturated heterocycles. The molecule has 6 aromatic heterocycles. The third kappa shape index (κ3) is 9.85. The number of methoxy groups -OCH3 is 1. The lowest BCUT2D eigenvalue weighted by Crippen LogP contribution is -2.42. The summed E-state index contributed by atoms with van der Waals surface area (Å²) >= 11 is 0. The maximum atomic E-state index is 15.5. The van der Waals surface area contributed by atoms with Crippen LogP contribution in [-0.4, -0.2) is 118 Å². The fraction of sp³-hybridized carbons (Fsp3) is 0.349. The number of anilines is 5. The lowest BCUT2D eigenvalue weighted by atomic mass is 10.1. The normalized spacial score (nSPS) is 15.3. The molecular weight excluding hydrogens is 840 g/mol. The number of ether oxygens (including phenoxy) is 3. The first-order valence-corrected chi connectivity index (χ1v) is 20.8. The summed E-state index contributed by atoms with van der Waals surface area (Å²) in [5.74, 6) is 1.09. The number of imidazole rings is 2. The molecule has 1 aliphatic rings. The smallest absolute Gasteiger partial charge is 0.478 e. The molecule has 65 heavy (non-hydrogen) atoms. The van der Waals surface area contributed by atoms with E-state index in [4.69, 9.17) is 24.2 Å². The minimum absolute atomic E-state index is 0.0576. The molecule has 0 spiro atoms. The molecule has 7 heterocycles. The highest BCUT2D eigenvalue weighted by atomic mass is 19.1. The van der Waals surface area contributed by atoms with Crippen LogP contribution in [0, 0.1) is 0 Å². The number of aromatic nitrogens is 11. The molecule has 0 bridgehead atoms. The summed E-state index contributed by atoms with van der Waals surface area (Å²) in [5.41, 5.74) is 5.63. The molecule has 4 N–H and O–H groups in total. The lowest BCUT2D eigenvalue weighted by molar-refractivity contribution is -0.118. The summed E-state index contributed by atoms with van der Waals surface area (Å²) in [7, 11) is 5.05. The van der Waals surface area contributed by atoms with Gasteiger partial charge >= 0.3 is 6.16 Å². The standard InChI is InChI=1S/C43H49FN16O5/c1-24(2)60-23-48-33-35(46-16-27-11-13-28(14-12-27)30-10-8-9-15-45-30)52-41(54-38(33)60)49-26(4)21-65-43(62)64-20-25(3)39(61)51-31-19-59(17-29(31)44)42-53-36(34-37(55-42)57(5)22-47-34)50-32-18-58(6)56-40(32)63-7/h8-15,18,22-24,26,29,31H,3,16-17,19-21H2,1-2,4-7H3,(H,51,61)(H,50,53,55)(H2,46,49,52,54)/t26-,29-,31-/m1/s1. The Morgan fingerprint density at radius 3 is 2.46 bits per heavy atom. The molecule has 1 amide bonds. The Bertz CT molecular complexity index is 2830. The molecule has 22 heteroatoms. The lowest BCUT2D eigenvalue weighted by Gasteiger charge is -2.18. The molecular formula is C43H49FN16O5. The van der Waals surface area contributed by atoms with Crippen molar-refractivity contribution in [1.82, 2.24) is 59.1 Å². The quantitative estimate of drug-likeness (QED) is 0.0689. The van der Waals surface area contributed by atoms with Gasteiger partial charge in [0.25, 0.3) is 5.88 Å². The molecule has 1 fully saturated rings. The van der Waals surface area contributed by atoms with Crippen molar-refractivity contribution in [3.63, 3.8) is 0 Å². The van der Waals surface area contributed by atoms with Gasteiger partial charge in [-0.25, -0.2) is 19.2 Å². The number of nitrogens with zero attached hydrogens (tertiary/aromatic N) is 12. The second kappa shape index (κ2) is 18.8. The van der Waals surface area contributed by atoms with Crippen LogP contribution < -0.4 is 30.9 Å². The molecule has 0 aliphatic carbocycles. The minimum Gasteiger partial charge on any atom is -0.478 e. The number of halogens is 1. The molecule has 338 valence electrons. The van der Waals surface area contributed by atoms with Gasteiger partial charge in [-0.05, 0) is 38.5 Å². The Morgan fingerprint density at radius 2 is 1.71 bits per heavy atom. The van der Waals surface area contributed by atoms with Crippen molar-refractivity contribution in [2.24, 2.45) is 14.1 Å². The zero-order valence-corrected chi connectivity index (χ0v) is 36.7. The van der Waals surface area contributed by atoms with Crippen LogP contribution in [0.2, 0.25) is 0 Å². The van der Waals surface area contributed by atoms with Gasteiger partial charge in [-0.15, -0.1) is 5.10 Å². The summed E-state index contributed by atoms with van der Waals surface area (Å²) in [5, 5.41) is 16.7. The molecule has 7 aromatic rings. The van der Waals surface area contributed by atoms with Crippen LogP contribution in [0.5, 0.6) is 5.88 Å². The van der Waals surface area contributed by atoms with E-state index in [9.17, 15) is 9.59 Å². The zero-order valence-electron chi connectivity index (χ0n) is 36.7. The maximum absolute atomic E-state index is 15.5. The van der Waals surface area contributed by atoms with Gasteiger partial charge in [-0.2, -0.15) is 19.9 Å². The fourth-order valence-electron chi connectivity index (χ4n) is 7.09. The Balaban J connectivity index is 0.827.